The van der Waals surface area contributed by atoms with E-state index in [9.17, 15) is 28.2 Å². The van der Waals surface area contributed by atoms with E-state index in [1.165, 1.54) is 12.1 Å². The van der Waals surface area contributed by atoms with E-state index in [-0.39, 0.29) is 18.2 Å². The molecule has 10 heteroatoms. The molecular formula is C29H39F3N2O5. The van der Waals surface area contributed by atoms with Crippen LogP contribution in [-0.4, -0.2) is 58.7 Å². The van der Waals surface area contributed by atoms with Gasteiger partial charge in [-0.1, -0.05) is 30.3 Å². The van der Waals surface area contributed by atoms with Crippen LogP contribution in [0.5, 0.6) is 5.75 Å². The fraction of sp³-hybridized carbons (Fsp3) is 0.552. The van der Waals surface area contributed by atoms with Crippen molar-refractivity contribution in [2.45, 2.75) is 89.6 Å². The summed E-state index contributed by atoms with van der Waals surface area (Å²) >= 11 is 0. The minimum atomic E-state index is -5.21. The number of hydrogen-bond acceptors (Lipinski definition) is 6. The second kappa shape index (κ2) is 12.1. The van der Waals surface area contributed by atoms with Crippen molar-refractivity contribution >= 4 is 6.09 Å². The standard InChI is InChI=1S/C29H39F3N2O5/c1-6-38-25-16-9-20(19-7-10-22(11-8-19)28(36,37)29(30,31)32)17-21(25)18-33-23-12-14-24(15-13-23)34(5)26(35)39-27(2,3)4/h7-11,16-17,23-24,33,36-37H,6,12-15,18H2,1-5H3/t23-,24-. The van der Waals surface area contributed by atoms with Crippen LogP contribution in [0.4, 0.5) is 18.0 Å². The normalized spacial score (nSPS) is 18.5. The number of benzene rings is 2. The van der Waals surface area contributed by atoms with Crippen molar-refractivity contribution < 1.29 is 37.7 Å². The van der Waals surface area contributed by atoms with Crippen molar-refractivity contribution in [3.8, 4) is 16.9 Å². The van der Waals surface area contributed by atoms with E-state index >= 15 is 0 Å². The van der Waals surface area contributed by atoms with Gasteiger partial charge in [-0.2, -0.15) is 13.2 Å². The summed E-state index contributed by atoms with van der Waals surface area (Å²) in [4.78, 5) is 14.1. The molecule has 0 spiro atoms. The molecule has 3 N–H and O–H groups in total. The molecule has 0 atom stereocenters. The van der Waals surface area contributed by atoms with E-state index < -0.39 is 23.1 Å². The number of nitrogens with one attached hydrogen (secondary N) is 1. The predicted octanol–water partition coefficient (Wildman–Crippen LogP) is 5.72. The molecular weight excluding hydrogens is 513 g/mol. The first kappa shape index (κ1) is 30.7. The van der Waals surface area contributed by atoms with Crippen molar-refractivity contribution in [3.63, 3.8) is 0 Å². The largest absolute Gasteiger partial charge is 0.494 e. The molecule has 1 aliphatic rings. The first-order chi connectivity index (χ1) is 18.1. The van der Waals surface area contributed by atoms with Crippen LogP contribution in [0, 0.1) is 0 Å². The second-order valence-electron chi connectivity index (χ2n) is 11.0. The molecule has 1 saturated carbocycles. The topological polar surface area (TPSA) is 91.3 Å². The van der Waals surface area contributed by atoms with Crippen LogP contribution in [0.3, 0.4) is 0 Å². The van der Waals surface area contributed by atoms with Crippen LogP contribution in [0.15, 0.2) is 42.5 Å². The molecule has 2 aromatic rings. The van der Waals surface area contributed by atoms with Gasteiger partial charge in [0.05, 0.1) is 6.61 Å². The molecule has 0 aliphatic heterocycles. The van der Waals surface area contributed by atoms with Crippen molar-refractivity contribution in [3.05, 3.63) is 53.6 Å². The number of alkyl halides is 3. The third kappa shape index (κ3) is 7.86. The van der Waals surface area contributed by atoms with Crippen LogP contribution in [0.2, 0.25) is 0 Å². The van der Waals surface area contributed by atoms with Gasteiger partial charge in [0.25, 0.3) is 5.79 Å². The van der Waals surface area contributed by atoms with E-state index in [2.05, 4.69) is 5.32 Å². The third-order valence-electron chi connectivity index (χ3n) is 6.88. The van der Waals surface area contributed by atoms with Gasteiger partial charge in [-0.3, -0.25) is 0 Å². The molecule has 7 nitrogen and oxygen atoms in total. The Bertz CT molecular complexity index is 1110. The number of aliphatic hydroxyl groups is 2. The highest BCUT2D eigenvalue weighted by atomic mass is 19.4. The van der Waals surface area contributed by atoms with E-state index in [1.54, 1.807) is 11.9 Å². The lowest BCUT2D eigenvalue weighted by molar-refractivity contribution is -0.358. The summed E-state index contributed by atoms with van der Waals surface area (Å²) in [6, 6.07) is 10.9. The molecule has 0 heterocycles. The lowest BCUT2D eigenvalue weighted by Crippen LogP contribution is -2.44. The minimum absolute atomic E-state index is 0.122. The third-order valence-corrected chi connectivity index (χ3v) is 6.88. The molecule has 0 aromatic heterocycles. The van der Waals surface area contributed by atoms with Crippen molar-refractivity contribution in [1.82, 2.24) is 10.2 Å². The zero-order valence-electron chi connectivity index (χ0n) is 23.1. The minimum Gasteiger partial charge on any atom is -0.494 e. The van der Waals surface area contributed by atoms with E-state index in [0.29, 0.717) is 24.5 Å². The summed E-state index contributed by atoms with van der Waals surface area (Å²) in [5.41, 5.74) is 1.11. The van der Waals surface area contributed by atoms with Gasteiger partial charge in [-0.05, 0) is 76.6 Å². The summed E-state index contributed by atoms with van der Waals surface area (Å²) in [6.45, 7) is 8.45. The highest BCUT2D eigenvalue weighted by Crippen LogP contribution is 2.37. The highest BCUT2D eigenvalue weighted by Gasteiger charge is 2.54. The maximum absolute atomic E-state index is 13.0. The molecule has 1 amide bonds. The quantitative estimate of drug-likeness (QED) is 0.363. The second-order valence-corrected chi connectivity index (χ2v) is 11.0. The number of amides is 1. The average molecular weight is 553 g/mol. The Morgan fingerprint density at radius 1 is 1.00 bits per heavy atom. The zero-order valence-corrected chi connectivity index (χ0v) is 23.1. The fourth-order valence-electron chi connectivity index (χ4n) is 4.66. The molecule has 1 fully saturated rings. The van der Waals surface area contributed by atoms with E-state index in [4.69, 9.17) is 9.47 Å². The van der Waals surface area contributed by atoms with Crippen molar-refractivity contribution in [2.24, 2.45) is 0 Å². The number of carbonyl (C=O) groups is 1. The van der Waals surface area contributed by atoms with Crippen LogP contribution < -0.4 is 10.1 Å². The maximum atomic E-state index is 13.0. The molecule has 39 heavy (non-hydrogen) atoms. The summed E-state index contributed by atoms with van der Waals surface area (Å²) in [6.07, 6.45) is -2.03. The molecule has 1 aliphatic carbocycles. The van der Waals surface area contributed by atoms with E-state index in [1.807, 2.05) is 45.9 Å². The number of nitrogens with zero attached hydrogens (tertiary/aromatic N) is 1. The molecule has 0 unspecified atom stereocenters. The summed E-state index contributed by atoms with van der Waals surface area (Å²) in [5.74, 6) is -3.20. The van der Waals surface area contributed by atoms with Gasteiger partial charge in [0.2, 0.25) is 0 Å². The fourth-order valence-corrected chi connectivity index (χ4v) is 4.66. The first-order valence-electron chi connectivity index (χ1n) is 13.2. The zero-order chi connectivity index (χ0) is 29.0. The Morgan fingerprint density at radius 3 is 2.13 bits per heavy atom. The molecule has 216 valence electrons. The van der Waals surface area contributed by atoms with Crippen LogP contribution in [0.1, 0.15) is 64.5 Å². The molecule has 0 bridgehead atoms. The molecule has 2 aromatic carbocycles. The SMILES string of the molecule is CCOc1ccc(-c2ccc(C(O)(O)C(F)(F)F)cc2)cc1CN[C@H]1CC[C@H](N(C)C(=O)OC(C)(C)C)CC1. The number of halogens is 3. The summed E-state index contributed by atoms with van der Waals surface area (Å²) in [7, 11) is 1.78. The van der Waals surface area contributed by atoms with Gasteiger partial charge in [0, 0.05) is 36.8 Å². The van der Waals surface area contributed by atoms with Crippen LogP contribution in [-0.2, 0) is 17.1 Å². The Morgan fingerprint density at radius 2 is 1.59 bits per heavy atom. The van der Waals surface area contributed by atoms with Crippen molar-refractivity contribution in [2.75, 3.05) is 13.7 Å². The van der Waals surface area contributed by atoms with Gasteiger partial charge in [-0.15, -0.1) is 0 Å². The highest BCUT2D eigenvalue weighted by molar-refractivity contribution is 5.68. The van der Waals surface area contributed by atoms with Gasteiger partial charge >= 0.3 is 12.3 Å². The van der Waals surface area contributed by atoms with E-state index in [0.717, 1.165) is 48.9 Å². The molecule has 3 rings (SSSR count). The predicted molar refractivity (Wildman–Crippen MR) is 142 cm³/mol. The van der Waals surface area contributed by atoms with Gasteiger partial charge in [0.15, 0.2) is 0 Å². The monoisotopic (exact) mass is 552 g/mol. The summed E-state index contributed by atoms with van der Waals surface area (Å²) in [5, 5.41) is 22.6. The molecule has 0 radical (unpaired) electrons. The van der Waals surface area contributed by atoms with Gasteiger partial charge < -0.3 is 29.9 Å². The number of rotatable bonds is 8. The number of hydrogen-bond donors (Lipinski definition) is 3. The number of carbonyl (C=O) groups excluding carboxylic acids is 1. The number of ether oxygens (including phenoxy) is 2. The smallest absolute Gasteiger partial charge is 0.447 e. The van der Waals surface area contributed by atoms with Crippen LogP contribution >= 0.6 is 0 Å². The maximum Gasteiger partial charge on any atom is 0.447 e. The first-order valence-corrected chi connectivity index (χ1v) is 13.2. The summed E-state index contributed by atoms with van der Waals surface area (Å²) < 4.78 is 50.2. The Hall–Kier alpha value is -2.82. The molecule has 0 saturated heterocycles. The lowest BCUT2D eigenvalue weighted by Gasteiger charge is -2.36. The lowest BCUT2D eigenvalue weighted by atomic mass is 9.90. The average Bonchev–Trinajstić information content (AvgIpc) is 2.86. The Balaban J connectivity index is 1.66. The Labute approximate surface area is 227 Å². The Kier molecular flexibility index (Phi) is 9.56. The van der Waals surface area contributed by atoms with Crippen LogP contribution in [0.25, 0.3) is 11.1 Å². The van der Waals surface area contributed by atoms with Crippen molar-refractivity contribution in [1.29, 1.82) is 0 Å². The van der Waals surface area contributed by atoms with Gasteiger partial charge in [0.1, 0.15) is 11.4 Å². The van der Waals surface area contributed by atoms with Gasteiger partial charge in [-0.25, -0.2) is 4.79 Å².